The van der Waals surface area contributed by atoms with E-state index in [0.29, 0.717) is 16.4 Å². The maximum atomic E-state index is 11.6. The van der Waals surface area contributed by atoms with E-state index in [1.807, 2.05) is 48.5 Å². The van der Waals surface area contributed by atoms with E-state index in [4.69, 9.17) is 16.7 Å². The largest absolute Gasteiger partial charge is 0.506 e. The monoisotopic (exact) mass is 452 g/mol. The lowest BCUT2D eigenvalue weighted by Gasteiger charge is -2.12. The number of aromatic hydroxyl groups is 1. The van der Waals surface area contributed by atoms with Gasteiger partial charge in [-0.05, 0) is 47.9 Å². The molecule has 0 saturated carbocycles. The fourth-order valence-electron chi connectivity index (χ4n) is 3.05. The van der Waals surface area contributed by atoms with E-state index < -0.39 is 10.0 Å². The average molecular weight is 453 g/mol. The van der Waals surface area contributed by atoms with Crippen molar-refractivity contribution in [1.29, 1.82) is 0 Å². The predicted octanol–water partition coefficient (Wildman–Crippen LogP) is 6.01. The zero-order valence-corrected chi connectivity index (χ0v) is 17.6. The van der Waals surface area contributed by atoms with E-state index in [-0.39, 0.29) is 16.3 Å². The number of azo groups is 1. The van der Waals surface area contributed by atoms with Crippen LogP contribution in [0.2, 0.25) is 5.02 Å². The number of hydrogen-bond donors (Lipinski definition) is 3. The lowest BCUT2D eigenvalue weighted by Crippen LogP contribution is -2.11. The second kappa shape index (κ2) is 8.35. The van der Waals surface area contributed by atoms with Crippen LogP contribution < -0.4 is 10.5 Å². The zero-order chi connectivity index (χ0) is 22.0. The number of nitrogens with two attached hydrogens (primary N) is 1. The summed E-state index contributed by atoms with van der Waals surface area (Å²) in [6.45, 7) is 0. The maximum Gasteiger partial charge on any atom is 0.238 e. The highest BCUT2D eigenvalue weighted by Crippen LogP contribution is 2.38. The third-order valence-corrected chi connectivity index (χ3v) is 5.68. The van der Waals surface area contributed by atoms with Gasteiger partial charge in [-0.15, -0.1) is 10.2 Å². The van der Waals surface area contributed by atoms with Gasteiger partial charge in [-0.2, -0.15) is 0 Å². The van der Waals surface area contributed by atoms with Crippen LogP contribution >= 0.6 is 11.6 Å². The Morgan fingerprint density at radius 1 is 0.903 bits per heavy atom. The first kappa shape index (κ1) is 20.8. The average Bonchev–Trinajstić information content (AvgIpc) is 2.73. The molecule has 7 nitrogen and oxygen atoms in total. The molecule has 4 aromatic carbocycles. The quantitative estimate of drug-likeness (QED) is 0.321. The molecule has 0 aliphatic heterocycles. The molecule has 0 atom stereocenters. The molecule has 0 saturated heterocycles. The summed E-state index contributed by atoms with van der Waals surface area (Å²) in [4.78, 5) is -0.172. The van der Waals surface area contributed by atoms with Crippen LogP contribution in [0.3, 0.4) is 0 Å². The van der Waals surface area contributed by atoms with E-state index >= 15 is 0 Å². The number of rotatable bonds is 5. The molecule has 0 radical (unpaired) electrons. The van der Waals surface area contributed by atoms with Gasteiger partial charge in [0.2, 0.25) is 10.0 Å². The molecule has 0 heterocycles. The normalized spacial score (nSPS) is 11.8. The summed E-state index contributed by atoms with van der Waals surface area (Å²) < 4.78 is 23.3. The van der Waals surface area contributed by atoms with Crippen LogP contribution in [0.4, 0.5) is 22.7 Å². The van der Waals surface area contributed by atoms with Crippen molar-refractivity contribution in [2.75, 3.05) is 5.32 Å². The lowest BCUT2D eigenvalue weighted by atomic mass is 10.1. The van der Waals surface area contributed by atoms with Crippen molar-refractivity contribution in [3.05, 3.63) is 83.9 Å². The summed E-state index contributed by atoms with van der Waals surface area (Å²) in [5.41, 5.74) is 1.91. The van der Waals surface area contributed by atoms with Crippen LogP contribution in [0.5, 0.6) is 5.75 Å². The maximum absolute atomic E-state index is 11.6. The van der Waals surface area contributed by atoms with E-state index in [9.17, 15) is 13.5 Å². The van der Waals surface area contributed by atoms with Crippen molar-refractivity contribution in [2.45, 2.75) is 4.90 Å². The Balaban J connectivity index is 1.82. The molecule has 0 amide bonds. The number of anilines is 2. The van der Waals surface area contributed by atoms with Crippen LogP contribution in [0, 0.1) is 0 Å². The molecule has 0 aromatic heterocycles. The fraction of sp³-hybridized carbons (Fsp3) is 0. The molecule has 9 heteroatoms. The second-order valence-corrected chi connectivity index (χ2v) is 8.71. The first-order valence-corrected chi connectivity index (χ1v) is 11.1. The topological polar surface area (TPSA) is 117 Å². The number of primary sulfonamides is 1. The minimum Gasteiger partial charge on any atom is -0.506 e. The van der Waals surface area contributed by atoms with E-state index in [1.54, 1.807) is 12.1 Å². The highest BCUT2D eigenvalue weighted by atomic mass is 35.5. The number of halogens is 1. The Hall–Kier alpha value is -3.46. The number of fused-ring (bicyclic) bond motifs is 1. The number of phenols is 1. The Morgan fingerprint density at radius 3 is 2.48 bits per heavy atom. The molecule has 4 aromatic rings. The Kier molecular flexibility index (Phi) is 5.60. The zero-order valence-electron chi connectivity index (χ0n) is 16.0. The van der Waals surface area contributed by atoms with Crippen molar-refractivity contribution in [2.24, 2.45) is 15.4 Å². The SMILES string of the molecule is NS(=O)(=O)c1ccc(O)c(N=Nc2c(Nc3cccc(Cl)c3)ccc3ccccc23)c1. The summed E-state index contributed by atoms with van der Waals surface area (Å²) in [5, 5.41) is 29.4. The number of nitrogens with one attached hydrogen (secondary N) is 1. The molecule has 31 heavy (non-hydrogen) atoms. The highest BCUT2D eigenvalue weighted by molar-refractivity contribution is 7.89. The van der Waals surface area contributed by atoms with Crippen LogP contribution in [0.25, 0.3) is 10.8 Å². The van der Waals surface area contributed by atoms with Gasteiger partial charge in [0.25, 0.3) is 0 Å². The van der Waals surface area contributed by atoms with Crippen molar-refractivity contribution >= 4 is 55.1 Å². The van der Waals surface area contributed by atoms with Gasteiger partial charge < -0.3 is 10.4 Å². The Bertz CT molecular complexity index is 1420. The van der Waals surface area contributed by atoms with Crippen molar-refractivity contribution in [3.8, 4) is 5.75 Å². The summed E-state index contributed by atoms with van der Waals surface area (Å²) in [6.07, 6.45) is 0. The molecule has 0 bridgehead atoms. The summed E-state index contributed by atoms with van der Waals surface area (Å²) in [6, 6.07) is 22.3. The summed E-state index contributed by atoms with van der Waals surface area (Å²) in [5.74, 6) is -0.222. The third-order valence-electron chi connectivity index (χ3n) is 4.54. The van der Waals surface area contributed by atoms with E-state index in [1.165, 1.54) is 18.2 Å². The minimum absolute atomic E-state index is 0.0202. The molecular formula is C22H17ClN4O3S. The number of phenolic OH excluding ortho intramolecular Hbond substituents is 1. The molecule has 0 spiro atoms. The number of benzene rings is 4. The van der Waals surface area contributed by atoms with Crippen LogP contribution in [-0.4, -0.2) is 13.5 Å². The van der Waals surface area contributed by atoms with Gasteiger partial charge in [-0.25, -0.2) is 13.6 Å². The van der Waals surface area contributed by atoms with Gasteiger partial charge in [0.05, 0.1) is 10.6 Å². The predicted molar refractivity (Wildman–Crippen MR) is 122 cm³/mol. The van der Waals surface area contributed by atoms with E-state index in [0.717, 1.165) is 16.5 Å². The Labute approximate surface area is 183 Å². The van der Waals surface area contributed by atoms with Gasteiger partial charge in [0.15, 0.2) is 0 Å². The molecule has 0 aliphatic rings. The van der Waals surface area contributed by atoms with Gasteiger partial charge in [-0.3, -0.25) is 0 Å². The second-order valence-electron chi connectivity index (χ2n) is 6.71. The number of hydrogen-bond acceptors (Lipinski definition) is 6. The molecule has 4 N–H and O–H groups in total. The summed E-state index contributed by atoms with van der Waals surface area (Å²) >= 11 is 6.09. The number of nitrogens with zero attached hydrogens (tertiary/aromatic N) is 2. The smallest absolute Gasteiger partial charge is 0.238 e. The number of sulfonamides is 1. The molecular weight excluding hydrogens is 436 g/mol. The molecule has 156 valence electrons. The minimum atomic E-state index is -3.95. The molecule has 0 fully saturated rings. The molecule has 0 unspecified atom stereocenters. The highest BCUT2D eigenvalue weighted by Gasteiger charge is 2.12. The molecule has 4 rings (SSSR count). The lowest BCUT2D eigenvalue weighted by molar-refractivity contribution is 0.476. The van der Waals surface area contributed by atoms with Crippen molar-refractivity contribution < 1.29 is 13.5 Å². The van der Waals surface area contributed by atoms with Gasteiger partial charge in [0.1, 0.15) is 17.1 Å². The Morgan fingerprint density at radius 2 is 1.71 bits per heavy atom. The van der Waals surface area contributed by atoms with Gasteiger partial charge >= 0.3 is 0 Å². The molecule has 0 aliphatic carbocycles. The third kappa shape index (κ3) is 4.66. The first-order valence-electron chi connectivity index (χ1n) is 9.13. The van der Waals surface area contributed by atoms with Crippen molar-refractivity contribution in [3.63, 3.8) is 0 Å². The van der Waals surface area contributed by atoms with Crippen LogP contribution in [0.1, 0.15) is 0 Å². The van der Waals surface area contributed by atoms with Crippen LogP contribution in [-0.2, 0) is 10.0 Å². The first-order chi connectivity index (χ1) is 14.8. The fourth-order valence-corrected chi connectivity index (χ4v) is 3.77. The van der Waals surface area contributed by atoms with E-state index in [2.05, 4.69) is 15.5 Å². The van der Waals surface area contributed by atoms with Gasteiger partial charge in [0, 0.05) is 16.1 Å². The van der Waals surface area contributed by atoms with Crippen molar-refractivity contribution in [1.82, 2.24) is 0 Å². The van der Waals surface area contributed by atoms with Crippen LogP contribution in [0.15, 0.2) is 94.0 Å². The standard InChI is InChI=1S/C22H17ClN4O3S/c23-15-5-3-6-16(12-15)25-19-10-8-14-4-1-2-7-18(14)22(19)27-26-20-13-17(31(24,29)30)9-11-21(20)28/h1-13,25,28H,(H2,24,29,30). The van der Waals surface area contributed by atoms with Gasteiger partial charge in [-0.1, -0.05) is 48.0 Å². The summed E-state index contributed by atoms with van der Waals surface area (Å²) in [7, 11) is -3.95.